The number of aliphatic hydroxyl groups is 6. The molecule has 1 aliphatic carbocycles. The van der Waals surface area contributed by atoms with Gasteiger partial charge in [0.1, 0.15) is 48.8 Å². The zero-order valence-corrected chi connectivity index (χ0v) is 18.7. The number of rotatable bonds is 7. The van der Waals surface area contributed by atoms with Crippen molar-refractivity contribution >= 4 is 0 Å². The molecule has 0 aromatic rings. The number of aliphatic hydroxyl groups excluding tert-OH is 6. The predicted octanol–water partition coefficient (Wildman–Crippen LogP) is -5.97. The summed E-state index contributed by atoms with van der Waals surface area (Å²) in [7, 11) is 0. The Hall–Kier alpha value is -1.25. The first kappa shape index (κ1) is 28.3. The summed E-state index contributed by atoms with van der Waals surface area (Å²) in [5, 5.41) is 65.3. The number of ether oxygens (including phenoxy) is 4. The lowest BCUT2D eigenvalue weighted by Crippen LogP contribution is -2.68. The average Bonchev–Trinajstić information content (AvgIpc) is 2.83. The van der Waals surface area contributed by atoms with Crippen LogP contribution in [0.2, 0.25) is 0 Å². The Morgan fingerprint density at radius 2 is 1.31 bits per heavy atom. The summed E-state index contributed by atoms with van der Waals surface area (Å²) < 4.78 is 22.4. The second-order valence-corrected chi connectivity index (χ2v) is 9.02. The second-order valence-electron chi connectivity index (χ2n) is 9.02. The smallest absolute Gasteiger partial charge is 0.187 e. The van der Waals surface area contributed by atoms with Crippen LogP contribution in [-0.2, 0) is 18.9 Å². The minimum atomic E-state index is -1.67. The molecule has 0 radical (unpaired) electrons. The number of nitrogens with two attached hydrogens (primary N) is 4. The third kappa shape index (κ3) is 5.85. The molecule has 14 N–H and O–H groups in total. The van der Waals surface area contributed by atoms with Gasteiger partial charge in [0.15, 0.2) is 12.6 Å². The molecular formula is C18H35N7O10. The largest absolute Gasteiger partial charge is 0.389 e. The Morgan fingerprint density at radius 1 is 0.771 bits per heavy atom. The lowest BCUT2D eigenvalue weighted by molar-refractivity contribution is -0.330. The molecule has 2 saturated heterocycles. The van der Waals surface area contributed by atoms with Gasteiger partial charge in [0, 0.05) is 23.5 Å². The Balaban J connectivity index is 1.73. The van der Waals surface area contributed by atoms with Crippen molar-refractivity contribution in [3.63, 3.8) is 0 Å². The fourth-order valence-electron chi connectivity index (χ4n) is 4.52. The van der Waals surface area contributed by atoms with Gasteiger partial charge in [-0.2, -0.15) is 0 Å². The summed E-state index contributed by atoms with van der Waals surface area (Å²) in [4.78, 5) is 2.60. The van der Waals surface area contributed by atoms with Crippen LogP contribution in [0.4, 0.5) is 0 Å². The maximum absolute atomic E-state index is 11.0. The van der Waals surface area contributed by atoms with Crippen molar-refractivity contribution in [2.24, 2.45) is 28.0 Å². The van der Waals surface area contributed by atoms with Gasteiger partial charge >= 0.3 is 0 Å². The molecule has 35 heavy (non-hydrogen) atoms. The van der Waals surface area contributed by atoms with Gasteiger partial charge in [-0.3, -0.25) is 0 Å². The molecule has 2 heterocycles. The van der Waals surface area contributed by atoms with Crippen molar-refractivity contribution in [2.75, 3.05) is 13.1 Å². The Kier molecular flexibility index (Phi) is 9.60. The summed E-state index contributed by atoms with van der Waals surface area (Å²) in [6, 6.07) is -2.92. The maximum atomic E-state index is 11.0. The normalized spacial score (nSPS) is 51.0. The first-order valence-corrected chi connectivity index (χ1v) is 11.2. The van der Waals surface area contributed by atoms with Crippen LogP contribution in [0.25, 0.3) is 10.4 Å². The van der Waals surface area contributed by atoms with E-state index in [1.54, 1.807) is 0 Å². The van der Waals surface area contributed by atoms with Gasteiger partial charge in [-0.25, -0.2) is 0 Å². The molecular weight excluding hydrogens is 474 g/mol. The minimum absolute atomic E-state index is 0.0698. The summed E-state index contributed by atoms with van der Waals surface area (Å²) >= 11 is 0. The van der Waals surface area contributed by atoms with Crippen LogP contribution in [0.3, 0.4) is 0 Å². The maximum Gasteiger partial charge on any atom is 0.187 e. The number of nitrogens with zero attached hydrogens (tertiary/aromatic N) is 3. The van der Waals surface area contributed by atoms with E-state index in [4.69, 9.17) is 47.4 Å². The highest BCUT2D eigenvalue weighted by Crippen LogP contribution is 2.31. The van der Waals surface area contributed by atoms with Gasteiger partial charge in [-0.1, -0.05) is 5.11 Å². The van der Waals surface area contributed by atoms with E-state index in [-0.39, 0.29) is 19.5 Å². The van der Waals surface area contributed by atoms with Crippen LogP contribution in [0, 0.1) is 0 Å². The molecule has 0 amide bonds. The molecule has 0 unspecified atom stereocenters. The molecule has 0 aromatic heterocycles. The molecule has 3 fully saturated rings. The van der Waals surface area contributed by atoms with Crippen molar-refractivity contribution in [3.05, 3.63) is 10.4 Å². The zero-order chi connectivity index (χ0) is 26.0. The molecule has 17 heteroatoms. The lowest BCUT2D eigenvalue weighted by atomic mass is 9.84. The van der Waals surface area contributed by atoms with Crippen LogP contribution < -0.4 is 22.9 Å². The van der Waals surface area contributed by atoms with Crippen LogP contribution in [-0.4, -0.2) is 135 Å². The molecule has 3 aliphatic rings. The number of azide groups is 1. The van der Waals surface area contributed by atoms with E-state index in [0.29, 0.717) is 0 Å². The van der Waals surface area contributed by atoms with E-state index >= 15 is 0 Å². The van der Waals surface area contributed by atoms with E-state index in [2.05, 4.69) is 10.0 Å². The molecule has 1 saturated carbocycles. The van der Waals surface area contributed by atoms with Crippen LogP contribution in [0.5, 0.6) is 0 Å². The van der Waals surface area contributed by atoms with Crippen molar-refractivity contribution in [1.82, 2.24) is 0 Å². The summed E-state index contributed by atoms with van der Waals surface area (Å²) in [6.45, 7) is -0.470. The number of hydrogen-bond acceptors (Lipinski definition) is 15. The average molecular weight is 510 g/mol. The topological polar surface area (TPSA) is 311 Å². The Morgan fingerprint density at radius 3 is 1.86 bits per heavy atom. The molecule has 17 nitrogen and oxygen atoms in total. The Labute approximate surface area is 200 Å². The van der Waals surface area contributed by atoms with E-state index in [1.165, 1.54) is 0 Å². The van der Waals surface area contributed by atoms with Crippen LogP contribution >= 0.6 is 0 Å². The van der Waals surface area contributed by atoms with Gasteiger partial charge in [-0.05, 0) is 12.0 Å². The summed E-state index contributed by atoms with van der Waals surface area (Å²) in [5.41, 5.74) is 32.2. The standard InChI is InChI=1S/C18H35N7O10/c19-2-6-10(27)12(29)13(30)18(32-6)35-16-5(21)1-4(20)15(14(16)31)34-17-11(28)8(22)9(26)7(33-17)3-24-25-23/h4-18,26-31H,1-3,19-22H2/t4-,5+,6-,7-,8+,9-,10-,11-,12+,13-,14-,15+,16-,17-,18-/m1/s1. The van der Waals surface area contributed by atoms with Gasteiger partial charge < -0.3 is 72.5 Å². The summed E-state index contributed by atoms with van der Waals surface area (Å²) in [5.74, 6) is 0. The SMILES string of the molecule is [N-]=[N+]=NC[C@H]1O[C@H](O[C@@H]2[C@@H](O)[C@H](O[C@H]3O[C@H](CN)[C@@H](O)[C@H](O)[C@H]3O)[C@@H](N)C[C@H]2N)[C@H](O)[C@@H](N)[C@@H]1O. The number of hydrogen-bond donors (Lipinski definition) is 10. The van der Waals surface area contributed by atoms with Crippen molar-refractivity contribution in [2.45, 2.75) is 98.2 Å². The molecule has 0 spiro atoms. The first-order chi connectivity index (χ1) is 16.5. The first-order valence-electron chi connectivity index (χ1n) is 11.2. The van der Waals surface area contributed by atoms with Gasteiger partial charge in [-0.15, -0.1) is 0 Å². The van der Waals surface area contributed by atoms with Gasteiger partial charge in [0.05, 0.1) is 24.8 Å². The highest BCUT2D eigenvalue weighted by atomic mass is 16.7. The molecule has 0 aromatic carbocycles. The Bertz CT molecular complexity index is 748. The molecule has 202 valence electrons. The third-order valence-electron chi connectivity index (χ3n) is 6.63. The molecule has 2 aliphatic heterocycles. The van der Waals surface area contributed by atoms with Crippen molar-refractivity contribution in [3.8, 4) is 0 Å². The van der Waals surface area contributed by atoms with Gasteiger partial charge in [0.2, 0.25) is 0 Å². The van der Waals surface area contributed by atoms with Gasteiger partial charge in [0.25, 0.3) is 0 Å². The third-order valence-corrected chi connectivity index (χ3v) is 6.63. The van der Waals surface area contributed by atoms with E-state index in [1.807, 2.05) is 0 Å². The van der Waals surface area contributed by atoms with Crippen LogP contribution in [0.15, 0.2) is 5.11 Å². The van der Waals surface area contributed by atoms with E-state index in [0.717, 1.165) is 0 Å². The van der Waals surface area contributed by atoms with Crippen molar-refractivity contribution in [1.29, 1.82) is 0 Å². The monoisotopic (exact) mass is 509 g/mol. The molecule has 15 atom stereocenters. The fraction of sp³-hybridized carbons (Fsp3) is 1.00. The molecule has 3 rings (SSSR count). The predicted molar refractivity (Wildman–Crippen MR) is 115 cm³/mol. The zero-order valence-electron chi connectivity index (χ0n) is 18.7. The fourth-order valence-corrected chi connectivity index (χ4v) is 4.52. The van der Waals surface area contributed by atoms with Crippen molar-refractivity contribution < 1.29 is 49.6 Å². The molecule has 0 bridgehead atoms. The van der Waals surface area contributed by atoms with E-state index in [9.17, 15) is 30.6 Å². The quantitative estimate of drug-likeness (QED) is 0.0867. The summed E-state index contributed by atoms with van der Waals surface area (Å²) in [6.07, 6.45) is -16.6. The van der Waals surface area contributed by atoms with Crippen LogP contribution in [0.1, 0.15) is 6.42 Å². The highest BCUT2D eigenvalue weighted by Gasteiger charge is 2.51. The lowest BCUT2D eigenvalue weighted by Gasteiger charge is -2.48. The highest BCUT2D eigenvalue weighted by molar-refractivity contribution is 5.01. The second kappa shape index (κ2) is 11.9. The van der Waals surface area contributed by atoms with E-state index < -0.39 is 91.7 Å². The minimum Gasteiger partial charge on any atom is -0.389 e.